The molecule has 0 aliphatic heterocycles. The molecule has 38 heavy (non-hydrogen) atoms. The van der Waals surface area contributed by atoms with Gasteiger partial charge in [0.2, 0.25) is 0 Å². The van der Waals surface area contributed by atoms with Crippen LogP contribution >= 0.6 is 0 Å². The molecule has 1 amide bonds. The highest BCUT2D eigenvalue weighted by Crippen LogP contribution is 2.38. The van der Waals surface area contributed by atoms with Crippen molar-refractivity contribution in [3.63, 3.8) is 0 Å². The predicted octanol–water partition coefficient (Wildman–Crippen LogP) is 7.37. The lowest BCUT2D eigenvalue weighted by Crippen LogP contribution is -2.17. The number of methoxy groups -OCH3 is 2. The molecule has 1 atom stereocenters. The molecule has 8 nitrogen and oxygen atoms in total. The van der Waals surface area contributed by atoms with Gasteiger partial charge in [0.15, 0.2) is 11.5 Å². The van der Waals surface area contributed by atoms with E-state index in [2.05, 4.69) is 10.3 Å². The molecule has 198 valence electrons. The van der Waals surface area contributed by atoms with E-state index in [-0.39, 0.29) is 0 Å². The van der Waals surface area contributed by atoms with Gasteiger partial charge in [-0.05, 0) is 69.2 Å². The first kappa shape index (κ1) is 26.6. The summed E-state index contributed by atoms with van der Waals surface area (Å²) in [6.45, 7) is 8.12. The summed E-state index contributed by atoms with van der Waals surface area (Å²) in [4.78, 5) is 17.2. The molecule has 4 rings (SSSR count). The molecule has 3 aromatic carbocycles. The van der Waals surface area contributed by atoms with E-state index in [1.165, 1.54) is 0 Å². The quantitative estimate of drug-likeness (QED) is 0.248. The molecule has 1 unspecified atom stereocenters. The first-order chi connectivity index (χ1) is 18.4. The van der Waals surface area contributed by atoms with Gasteiger partial charge in [-0.2, -0.15) is 0 Å². The standard InChI is InChI=1S/C30H32N2O6/c1-7-36-26-11-9-8-10-21(26)20(4)37-30(33)32-23-12-13-25(19(3)18(23)2)38-27-14-15-31-24-17-29(35-6)28(34-5)16-22(24)27/h8-17,20H,7H2,1-6H3,(H,32,33). The average Bonchev–Trinajstić information content (AvgIpc) is 2.92. The molecule has 0 radical (unpaired) electrons. The number of carbonyl (C=O) groups is 1. The van der Waals surface area contributed by atoms with E-state index in [4.69, 9.17) is 23.7 Å². The normalized spacial score (nSPS) is 11.5. The van der Waals surface area contributed by atoms with Crippen molar-refractivity contribution in [2.75, 3.05) is 26.1 Å². The van der Waals surface area contributed by atoms with Crippen LogP contribution in [0.1, 0.15) is 36.6 Å². The molecule has 0 spiro atoms. The Morgan fingerprint density at radius 3 is 2.37 bits per heavy atom. The van der Waals surface area contributed by atoms with Gasteiger partial charge in [-0.1, -0.05) is 18.2 Å². The Labute approximate surface area is 222 Å². The topological polar surface area (TPSA) is 88.1 Å². The van der Waals surface area contributed by atoms with Crippen molar-refractivity contribution < 1.29 is 28.5 Å². The fourth-order valence-electron chi connectivity index (χ4n) is 4.16. The lowest BCUT2D eigenvalue weighted by molar-refractivity contribution is 0.119. The molecule has 0 saturated carbocycles. The van der Waals surface area contributed by atoms with E-state index in [1.807, 2.05) is 70.2 Å². The summed E-state index contributed by atoms with van der Waals surface area (Å²) in [5, 5.41) is 3.64. The SMILES string of the molecule is CCOc1ccccc1C(C)OC(=O)Nc1ccc(Oc2ccnc3cc(OC)c(OC)cc23)c(C)c1C. The average molecular weight is 517 g/mol. The molecule has 1 N–H and O–H groups in total. The molecule has 1 aromatic heterocycles. The van der Waals surface area contributed by atoms with Crippen LogP contribution in [0.4, 0.5) is 10.5 Å². The fraction of sp³-hybridized carbons (Fsp3) is 0.267. The number of benzene rings is 3. The van der Waals surface area contributed by atoms with Gasteiger partial charge in [-0.25, -0.2) is 4.79 Å². The number of hydrogen-bond donors (Lipinski definition) is 1. The van der Waals surface area contributed by atoms with Crippen molar-refractivity contribution in [2.24, 2.45) is 0 Å². The second-order valence-corrected chi connectivity index (χ2v) is 8.64. The number of anilines is 1. The number of pyridine rings is 1. The Balaban J connectivity index is 1.52. The Morgan fingerprint density at radius 2 is 1.63 bits per heavy atom. The number of rotatable bonds is 9. The minimum atomic E-state index is -0.554. The number of fused-ring (bicyclic) bond motifs is 1. The molecule has 0 saturated heterocycles. The van der Waals surface area contributed by atoms with Crippen LogP contribution in [0, 0.1) is 13.8 Å². The van der Waals surface area contributed by atoms with E-state index in [0.717, 1.165) is 27.6 Å². The summed E-state index contributed by atoms with van der Waals surface area (Å²) in [7, 11) is 3.17. The van der Waals surface area contributed by atoms with E-state index in [1.54, 1.807) is 32.5 Å². The minimum absolute atomic E-state index is 0.489. The Kier molecular flexibility index (Phi) is 8.21. The highest BCUT2D eigenvalue weighted by molar-refractivity contribution is 5.89. The van der Waals surface area contributed by atoms with E-state index in [9.17, 15) is 4.79 Å². The lowest BCUT2D eigenvalue weighted by Gasteiger charge is -2.19. The predicted molar refractivity (Wildman–Crippen MR) is 147 cm³/mol. The minimum Gasteiger partial charge on any atom is -0.493 e. The van der Waals surface area contributed by atoms with Gasteiger partial charge in [0.05, 0.1) is 26.3 Å². The zero-order chi connectivity index (χ0) is 27.2. The molecule has 8 heteroatoms. The van der Waals surface area contributed by atoms with Gasteiger partial charge in [0.25, 0.3) is 0 Å². The summed E-state index contributed by atoms with van der Waals surface area (Å²) >= 11 is 0. The van der Waals surface area contributed by atoms with E-state index in [0.29, 0.717) is 41.0 Å². The lowest BCUT2D eigenvalue weighted by atomic mass is 10.1. The van der Waals surface area contributed by atoms with Gasteiger partial charge in [-0.15, -0.1) is 0 Å². The molecule has 0 fully saturated rings. The maximum atomic E-state index is 12.7. The summed E-state index contributed by atoms with van der Waals surface area (Å²) < 4.78 is 28.5. The number of nitrogens with one attached hydrogen (secondary N) is 1. The van der Waals surface area contributed by atoms with Crippen molar-refractivity contribution in [2.45, 2.75) is 33.8 Å². The first-order valence-electron chi connectivity index (χ1n) is 12.3. The molecule has 0 aliphatic rings. The Morgan fingerprint density at radius 1 is 0.895 bits per heavy atom. The summed E-state index contributed by atoms with van der Waals surface area (Å²) in [6, 6.07) is 16.6. The van der Waals surface area contributed by atoms with Crippen molar-refractivity contribution in [3.05, 3.63) is 77.5 Å². The van der Waals surface area contributed by atoms with Gasteiger partial charge >= 0.3 is 6.09 Å². The largest absolute Gasteiger partial charge is 0.493 e. The summed E-state index contributed by atoms with van der Waals surface area (Å²) in [6.07, 6.45) is 0.640. The van der Waals surface area contributed by atoms with Gasteiger partial charge < -0.3 is 23.7 Å². The highest BCUT2D eigenvalue weighted by atomic mass is 16.6. The Hall–Kier alpha value is -4.46. The second-order valence-electron chi connectivity index (χ2n) is 8.64. The van der Waals surface area contributed by atoms with Crippen molar-refractivity contribution in [1.82, 2.24) is 4.98 Å². The second kappa shape index (κ2) is 11.7. The van der Waals surface area contributed by atoms with Crippen LogP contribution in [0.5, 0.6) is 28.7 Å². The number of para-hydroxylation sites is 1. The molecule has 1 heterocycles. The van der Waals surface area contributed by atoms with Crippen LogP contribution in [0.15, 0.2) is 60.8 Å². The molecule has 0 aliphatic carbocycles. The molecule has 0 bridgehead atoms. The van der Waals surface area contributed by atoms with E-state index < -0.39 is 12.2 Å². The maximum absolute atomic E-state index is 12.7. The van der Waals surface area contributed by atoms with Crippen LogP contribution in [0.3, 0.4) is 0 Å². The molecule has 4 aromatic rings. The van der Waals surface area contributed by atoms with Gasteiger partial charge in [0, 0.05) is 28.9 Å². The fourth-order valence-corrected chi connectivity index (χ4v) is 4.16. The third kappa shape index (κ3) is 5.59. The van der Waals surface area contributed by atoms with E-state index >= 15 is 0 Å². The number of hydrogen-bond acceptors (Lipinski definition) is 7. The zero-order valence-corrected chi connectivity index (χ0v) is 22.5. The van der Waals surface area contributed by atoms with Crippen LogP contribution in [-0.4, -0.2) is 31.9 Å². The van der Waals surface area contributed by atoms with Crippen LogP contribution < -0.4 is 24.3 Å². The van der Waals surface area contributed by atoms with Gasteiger partial charge in [-0.3, -0.25) is 10.3 Å². The van der Waals surface area contributed by atoms with Crippen LogP contribution in [-0.2, 0) is 4.74 Å². The van der Waals surface area contributed by atoms with Crippen molar-refractivity contribution in [1.29, 1.82) is 0 Å². The van der Waals surface area contributed by atoms with Crippen molar-refractivity contribution >= 4 is 22.7 Å². The maximum Gasteiger partial charge on any atom is 0.412 e. The smallest absolute Gasteiger partial charge is 0.412 e. The number of amides is 1. The monoisotopic (exact) mass is 516 g/mol. The summed E-state index contributed by atoms with van der Waals surface area (Å²) in [5.74, 6) is 3.16. The van der Waals surface area contributed by atoms with Crippen LogP contribution in [0.25, 0.3) is 10.9 Å². The van der Waals surface area contributed by atoms with Gasteiger partial charge in [0.1, 0.15) is 23.4 Å². The highest BCUT2D eigenvalue weighted by Gasteiger charge is 2.18. The molecular weight excluding hydrogens is 484 g/mol. The Bertz CT molecular complexity index is 1450. The van der Waals surface area contributed by atoms with Crippen LogP contribution in [0.2, 0.25) is 0 Å². The number of carbonyl (C=O) groups excluding carboxylic acids is 1. The number of nitrogens with zero attached hydrogens (tertiary/aromatic N) is 1. The third-order valence-electron chi connectivity index (χ3n) is 6.34. The number of aromatic nitrogens is 1. The van der Waals surface area contributed by atoms with Crippen molar-refractivity contribution in [3.8, 4) is 28.7 Å². The summed E-state index contributed by atoms with van der Waals surface area (Å²) in [5.41, 5.74) is 3.90. The number of ether oxygens (including phenoxy) is 5. The molecular formula is C30H32N2O6. The third-order valence-corrected chi connectivity index (χ3v) is 6.34. The first-order valence-corrected chi connectivity index (χ1v) is 12.3. The zero-order valence-electron chi connectivity index (χ0n) is 22.5.